The normalized spacial score (nSPS) is 17.1. The number of hydrogen-bond acceptors (Lipinski definition) is 4. The lowest BCUT2D eigenvalue weighted by Gasteiger charge is -2.31. The molecule has 4 nitrogen and oxygen atoms in total. The summed E-state index contributed by atoms with van der Waals surface area (Å²) in [4.78, 5) is 0. The third-order valence-electron chi connectivity index (χ3n) is 3.48. The van der Waals surface area contributed by atoms with Gasteiger partial charge in [0.2, 0.25) is 0 Å². The van der Waals surface area contributed by atoms with E-state index in [9.17, 15) is 20.1 Å². The van der Waals surface area contributed by atoms with Crippen LogP contribution in [-0.4, -0.2) is 34.3 Å². The lowest BCUT2D eigenvalue weighted by atomic mass is 9.37. The van der Waals surface area contributed by atoms with Crippen LogP contribution in [-0.2, 0) is 0 Å². The quantitative estimate of drug-likeness (QED) is 0.610. The Morgan fingerprint density at radius 2 is 1.60 bits per heavy atom. The summed E-state index contributed by atoms with van der Waals surface area (Å²) in [6, 6.07) is 9.67. The first-order valence-electron chi connectivity index (χ1n) is 6.38. The van der Waals surface area contributed by atoms with Crippen molar-refractivity contribution in [2.45, 2.75) is 11.6 Å². The van der Waals surface area contributed by atoms with Crippen molar-refractivity contribution in [2.24, 2.45) is 0 Å². The van der Waals surface area contributed by atoms with Crippen molar-refractivity contribution in [3.63, 3.8) is 0 Å². The first kappa shape index (κ1) is 14.8. The van der Waals surface area contributed by atoms with Crippen LogP contribution in [0.4, 0.5) is 0 Å². The molecule has 4 N–H and O–H groups in total. The van der Waals surface area contributed by atoms with Gasteiger partial charge in [0.1, 0.15) is 0 Å². The molecular formula is C14H16B2O4. The van der Waals surface area contributed by atoms with Crippen molar-refractivity contribution >= 4 is 20.3 Å². The average Bonchev–Trinajstić information content (AvgIpc) is 2.46. The largest absolute Gasteiger partial charge is 0.460 e. The molecule has 2 rings (SSSR count). The summed E-state index contributed by atoms with van der Waals surface area (Å²) in [5.41, 5.74) is 1.81. The molecule has 102 valence electrons. The molecule has 6 heteroatoms. The fourth-order valence-corrected chi connectivity index (χ4v) is 2.19. The SMILES string of the molecule is OB(O)C1(B(O)O)C=CC=C(/C=C/c2ccccc2)C1. The number of hydrogen-bond donors (Lipinski definition) is 4. The first-order valence-corrected chi connectivity index (χ1v) is 6.38. The number of rotatable bonds is 4. The Balaban J connectivity index is 2.17. The van der Waals surface area contributed by atoms with Crippen molar-refractivity contribution < 1.29 is 20.1 Å². The highest BCUT2D eigenvalue weighted by atomic mass is 16.4. The second kappa shape index (κ2) is 6.24. The van der Waals surface area contributed by atoms with Crippen LogP contribution in [0.1, 0.15) is 12.0 Å². The number of allylic oxidation sites excluding steroid dienone is 5. The monoisotopic (exact) mass is 270 g/mol. The van der Waals surface area contributed by atoms with Gasteiger partial charge in [-0.15, -0.1) is 0 Å². The maximum atomic E-state index is 9.43. The molecule has 0 fully saturated rings. The molecule has 20 heavy (non-hydrogen) atoms. The zero-order valence-electron chi connectivity index (χ0n) is 10.9. The van der Waals surface area contributed by atoms with Gasteiger partial charge in [-0.3, -0.25) is 0 Å². The summed E-state index contributed by atoms with van der Waals surface area (Å²) in [7, 11) is -3.68. The zero-order chi connectivity index (χ0) is 14.6. The van der Waals surface area contributed by atoms with Gasteiger partial charge in [-0.25, -0.2) is 0 Å². The minimum Gasteiger partial charge on any atom is -0.427 e. The van der Waals surface area contributed by atoms with Gasteiger partial charge in [0.15, 0.2) is 0 Å². The minimum atomic E-state index is -1.84. The van der Waals surface area contributed by atoms with Gasteiger partial charge in [0.25, 0.3) is 0 Å². The van der Waals surface area contributed by atoms with Crippen LogP contribution in [0.3, 0.4) is 0 Å². The van der Waals surface area contributed by atoms with Crippen molar-refractivity contribution in [1.82, 2.24) is 0 Å². The molecule has 1 aromatic carbocycles. The molecule has 0 heterocycles. The first-order chi connectivity index (χ1) is 9.54. The van der Waals surface area contributed by atoms with Gasteiger partial charge in [0, 0.05) is 0 Å². The molecule has 1 aliphatic carbocycles. The summed E-state index contributed by atoms with van der Waals surface area (Å²) in [5.74, 6) is 0. The second-order valence-electron chi connectivity index (χ2n) is 4.88. The third kappa shape index (κ3) is 3.11. The smallest absolute Gasteiger partial charge is 0.427 e. The van der Waals surface area contributed by atoms with Crippen molar-refractivity contribution in [1.29, 1.82) is 0 Å². The topological polar surface area (TPSA) is 80.9 Å². The summed E-state index contributed by atoms with van der Waals surface area (Å²) < 4.78 is 0. The maximum Gasteiger partial charge on any atom is 0.460 e. The van der Waals surface area contributed by atoms with E-state index in [1.165, 1.54) is 6.08 Å². The molecule has 0 unspecified atom stereocenters. The van der Waals surface area contributed by atoms with Crippen LogP contribution in [0.2, 0.25) is 5.21 Å². The van der Waals surface area contributed by atoms with Gasteiger partial charge in [-0.2, -0.15) is 0 Å². The predicted octanol–water partition coefficient (Wildman–Crippen LogP) is 0.811. The summed E-state index contributed by atoms with van der Waals surface area (Å²) in [6.45, 7) is 0. The summed E-state index contributed by atoms with van der Waals surface area (Å²) in [5, 5.41) is 36.3. The number of benzene rings is 1. The van der Waals surface area contributed by atoms with Crippen LogP contribution < -0.4 is 0 Å². The van der Waals surface area contributed by atoms with Crippen LogP contribution in [0, 0.1) is 0 Å². The molecular weight excluding hydrogens is 254 g/mol. The van der Waals surface area contributed by atoms with E-state index in [-0.39, 0.29) is 6.42 Å². The van der Waals surface area contributed by atoms with E-state index < -0.39 is 19.5 Å². The molecule has 0 atom stereocenters. The molecule has 0 radical (unpaired) electrons. The molecule has 0 spiro atoms. The molecule has 1 aromatic rings. The molecule has 0 aromatic heterocycles. The Morgan fingerprint density at radius 1 is 0.950 bits per heavy atom. The average molecular weight is 270 g/mol. The Morgan fingerprint density at radius 3 is 2.20 bits per heavy atom. The van der Waals surface area contributed by atoms with Crippen molar-refractivity contribution in [3.8, 4) is 0 Å². The van der Waals surface area contributed by atoms with E-state index in [0.29, 0.717) is 0 Å². The van der Waals surface area contributed by atoms with Gasteiger partial charge < -0.3 is 20.1 Å². The van der Waals surface area contributed by atoms with E-state index in [1.54, 1.807) is 6.08 Å². The Kier molecular flexibility index (Phi) is 4.62. The van der Waals surface area contributed by atoms with Crippen LogP contribution in [0.5, 0.6) is 0 Å². The van der Waals surface area contributed by atoms with E-state index in [0.717, 1.165) is 11.1 Å². The van der Waals surface area contributed by atoms with Crippen LogP contribution >= 0.6 is 0 Å². The zero-order valence-corrected chi connectivity index (χ0v) is 10.9. The lowest BCUT2D eigenvalue weighted by molar-refractivity contribution is 0.333. The van der Waals surface area contributed by atoms with Gasteiger partial charge >= 0.3 is 14.2 Å². The fraction of sp³-hybridized carbons (Fsp3) is 0.143. The maximum absolute atomic E-state index is 9.43. The summed E-state index contributed by atoms with van der Waals surface area (Å²) in [6.07, 6.45) is 8.70. The van der Waals surface area contributed by atoms with Crippen LogP contribution in [0.25, 0.3) is 6.08 Å². The van der Waals surface area contributed by atoms with Gasteiger partial charge in [0.05, 0.1) is 5.21 Å². The molecule has 0 saturated carbocycles. The standard InChI is InChI=1S/C14H16B2O4/c17-15(18)14(16(19)20)10-4-7-13(11-14)9-8-12-5-2-1-3-6-12/h1-10,17-20H,11H2/b9-8+. The van der Waals surface area contributed by atoms with E-state index in [2.05, 4.69) is 0 Å². The molecule has 1 aliphatic rings. The van der Waals surface area contributed by atoms with E-state index in [1.807, 2.05) is 48.6 Å². The Hall–Kier alpha value is -1.59. The predicted molar refractivity (Wildman–Crippen MR) is 80.4 cm³/mol. The second-order valence-corrected chi connectivity index (χ2v) is 4.88. The van der Waals surface area contributed by atoms with E-state index >= 15 is 0 Å². The highest BCUT2D eigenvalue weighted by Crippen LogP contribution is 2.41. The van der Waals surface area contributed by atoms with Gasteiger partial charge in [-0.1, -0.05) is 60.7 Å². The molecule has 0 bridgehead atoms. The fourth-order valence-electron chi connectivity index (χ4n) is 2.19. The van der Waals surface area contributed by atoms with Crippen molar-refractivity contribution in [2.75, 3.05) is 0 Å². The van der Waals surface area contributed by atoms with E-state index in [4.69, 9.17) is 0 Å². The highest BCUT2D eigenvalue weighted by Gasteiger charge is 2.50. The molecule has 0 amide bonds. The lowest BCUT2D eigenvalue weighted by Crippen LogP contribution is -2.45. The molecule has 0 aliphatic heterocycles. The summed E-state index contributed by atoms with van der Waals surface area (Å²) >= 11 is 0. The minimum absolute atomic E-state index is 0.141. The highest BCUT2D eigenvalue weighted by molar-refractivity contribution is 6.69. The Labute approximate surface area is 118 Å². The molecule has 0 saturated heterocycles. The van der Waals surface area contributed by atoms with Crippen molar-refractivity contribution in [3.05, 3.63) is 65.8 Å². The Bertz CT molecular complexity index is 527. The van der Waals surface area contributed by atoms with Crippen LogP contribution in [0.15, 0.2) is 60.2 Å². The third-order valence-corrected chi connectivity index (χ3v) is 3.48. The van der Waals surface area contributed by atoms with Gasteiger partial charge in [-0.05, 0) is 17.6 Å².